The van der Waals surface area contributed by atoms with Crippen LogP contribution in [-0.2, 0) is 4.79 Å². The molecular weight excluding hydrogens is 347 g/mol. The van der Waals surface area contributed by atoms with E-state index in [1.807, 2.05) is 18.7 Å². The van der Waals surface area contributed by atoms with Crippen molar-refractivity contribution < 1.29 is 27.8 Å². The average molecular weight is 364 g/mol. The number of halogens is 4. The number of carbonyl (C=O) groups is 1. The van der Waals surface area contributed by atoms with Gasteiger partial charge in [0.05, 0.1) is 16.3 Å². The van der Waals surface area contributed by atoms with Crippen molar-refractivity contribution in [3.63, 3.8) is 0 Å². The predicted molar refractivity (Wildman–Crippen MR) is 85.6 cm³/mol. The minimum atomic E-state index is -4.83. The first kappa shape index (κ1) is 18.4. The largest absolute Gasteiger partial charge is 0.478 e. The normalized spacial score (nSPS) is 17.2. The molecule has 1 aromatic carbocycles. The molecule has 1 aromatic rings. The van der Waals surface area contributed by atoms with Gasteiger partial charge in [-0.3, -0.25) is 0 Å². The molecule has 0 unspecified atom stereocenters. The third-order valence-electron chi connectivity index (χ3n) is 3.51. The van der Waals surface area contributed by atoms with Gasteiger partial charge in [-0.25, -0.2) is 4.79 Å². The van der Waals surface area contributed by atoms with Gasteiger partial charge in [0.15, 0.2) is 0 Å². The molecule has 2 rings (SSSR count). The lowest BCUT2D eigenvalue weighted by molar-refractivity contribution is -0.187. The minimum absolute atomic E-state index is 0.0441. The number of anilines is 1. The molecule has 0 bridgehead atoms. The van der Waals surface area contributed by atoms with Crippen molar-refractivity contribution in [2.24, 2.45) is 5.92 Å². The highest BCUT2D eigenvalue weighted by molar-refractivity contribution is 6.33. The van der Waals surface area contributed by atoms with E-state index in [4.69, 9.17) is 21.4 Å². The van der Waals surface area contributed by atoms with Crippen LogP contribution in [0.25, 0.3) is 6.08 Å². The summed E-state index contributed by atoms with van der Waals surface area (Å²) >= 11 is 6.20. The molecule has 0 amide bonds. The lowest BCUT2D eigenvalue weighted by Gasteiger charge is -2.29. The molecule has 0 fully saturated rings. The summed E-state index contributed by atoms with van der Waals surface area (Å²) in [5, 5.41) is 9.33. The molecule has 8 heteroatoms. The molecule has 1 atom stereocenters. The summed E-state index contributed by atoms with van der Waals surface area (Å²) in [5.74, 6) is -1.40. The van der Waals surface area contributed by atoms with Gasteiger partial charge in [-0.05, 0) is 18.1 Å². The number of hydrogen-bond donors (Lipinski definition) is 1. The molecule has 24 heavy (non-hydrogen) atoms. The zero-order valence-electron chi connectivity index (χ0n) is 13.3. The predicted octanol–water partition coefficient (Wildman–Crippen LogP) is 4.22. The Morgan fingerprint density at radius 1 is 1.42 bits per heavy atom. The van der Waals surface area contributed by atoms with Crippen molar-refractivity contribution in [2.75, 3.05) is 18.5 Å². The number of hydrogen-bond acceptors (Lipinski definition) is 3. The van der Waals surface area contributed by atoms with E-state index >= 15 is 0 Å². The molecule has 0 saturated carbocycles. The highest BCUT2D eigenvalue weighted by atomic mass is 35.5. The summed E-state index contributed by atoms with van der Waals surface area (Å²) < 4.78 is 44.2. The highest BCUT2D eigenvalue weighted by Gasteiger charge is 2.48. The minimum Gasteiger partial charge on any atom is -0.478 e. The van der Waals surface area contributed by atoms with E-state index in [2.05, 4.69) is 0 Å². The van der Waals surface area contributed by atoms with Crippen molar-refractivity contribution >= 4 is 29.3 Å². The van der Waals surface area contributed by atoms with Crippen LogP contribution in [0.5, 0.6) is 5.75 Å². The fourth-order valence-electron chi connectivity index (χ4n) is 2.56. The van der Waals surface area contributed by atoms with Crippen molar-refractivity contribution in [1.82, 2.24) is 0 Å². The molecule has 1 aliphatic rings. The third-order valence-corrected chi connectivity index (χ3v) is 3.81. The topological polar surface area (TPSA) is 49.8 Å². The lowest BCUT2D eigenvalue weighted by Crippen LogP contribution is -2.40. The molecule has 0 aromatic heterocycles. The maximum absolute atomic E-state index is 13.1. The van der Waals surface area contributed by atoms with Gasteiger partial charge in [0, 0.05) is 25.2 Å². The summed E-state index contributed by atoms with van der Waals surface area (Å²) in [6.07, 6.45) is -6.38. The van der Waals surface area contributed by atoms with Gasteiger partial charge in [0.1, 0.15) is 5.75 Å². The highest BCUT2D eigenvalue weighted by Crippen LogP contribution is 2.41. The number of carboxylic acid groups (broad SMARTS) is 1. The van der Waals surface area contributed by atoms with Gasteiger partial charge < -0.3 is 14.7 Å². The average Bonchev–Trinajstić information content (AvgIpc) is 2.43. The molecule has 0 aliphatic carbocycles. The van der Waals surface area contributed by atoms with E-state index in [9.17, 15) is 18.0 Å². The molecule has 0 saturated heterocycles. The fraction of sp³-hybridized carbons (Fsp3) is 0.438. The molecule has 4 nitrogen and oxygen atoms in total. The summed E-state index contributed by atoms with van der Waals surface area (Å²) in [5.41, 5.74) is -0.133. The Bertz CT molecular complexity index is 686. The molecule has 1 N–H and O–H groups in total. The molecular formula is C16H17ClF3NO3. The summed E-state index contributed by atoms with van der Waals surface area (Å²) in [6, 6.07) is 2.83. The van der Waals surface area contributed by atoms with E-state index in [0.29, 0.717) is 23.2 Å². The van der Waals surface area contributed by atoms with Gasteiger partial charge in [0.2, 0.25) is 6.10 Å². The van der Waals surface area contributed by atoms with Crippen molar-refractivity contribution in [2.45, 2.75) is 26.1 Å². The Hall–Kier alpha value is -1.89. The van der Waals surface area contributed by atoms with Crippen LogP contribution < -0.4 is 9.64 Å². The van der Waals surface area contributed by atoms with Crippen LogP contribution in [0.1, 0.15) is 19.4 Å². The van der Waals surface area contributed by atoms with E-state index in [1.165, 1.54) is 12.1 Å². The molecule has 0 spiro atoms. The monoisotopic (exact) mass is 363 g/mol. The lowest BCUT2D eigenvalue weighted by atomic mass is 10.0. The van der Waals surface area contributed by atoms with Crippen LogP contribution in [-0.4, -0.2) is 36.9 Å². The second-order valence-corrected chi connectivity index (χ2v) is 6.47. The first-order chi connectivity index (χ1) is 11.0. The maximum Gasteiger partial charge on any atom is 0.430 e. The van der Waals surface area contributed by atoms with E-state index < -0.39 is 23.8 Å². The van der Waals surface area contributed by atoms with Crippen LogP contribution in [0.3, 0.4) is 0 Å². The van der Waals surface area contributed by atoms with Gasteiger partial charge in [-0.15, -0.1) is 0 Å². The first-order valence-electron chi connectivity index (χ1n) is 7.23. The third kappa shape index (κ3) is 3.77. The number of carboxylic acids is 1. The zero-order valence-corrected chi connectivity index (χ0v) is 14.1. The van der Waals surface area contributed by atoms with Gasteiger partial charge in [-0.1, -0.05) is 25.4 Å². The molecule has 1 heterocycles. The van der Waals surface area contributed by atoms with Crippen molar-refractivity contribution in [3.8, 4) is 5.75 Å². The van der Waals surface area contributed by atoms with Crippen LogP contribution in [0.15, 0.2) is 17.7 Å². The molecule has 0 radical (unpaired) electrons. The fourth-order valence-corrected chi connectivity index (χ4v) is 2.88. The number of rotatable bonds is 4. The summed E-state index contributed by atoms with van der Waals surface area (Å²) in [7, 11) is 1.77. The van der Waals surface area contributed by atoms with Crippen LogP contribution >= 0.6 is 11.6 Å². The quantitative estimate of drug-likeness (QED) is 0.870. The van der Waals surface area contributed by atoms with Crippen LogP contribution in [0.4, 0.5) is 18.9 Å². The SMILES string of the molecule is CC(C)CN(C)c1cc2c(cc1Cl)C=C(C(=O)O)[C@@H](C(F)(F)F)O2. The van der Waals surface area contributed by atoms with Crippen LogP contribution in [0, 0.1) is 5.92 Å². The Morgan fingerprint density at radius 3 is 2.54 bits per heavy atom. The number of ether oxygens (including phenoxy) is 1. The standard InChI is InChI=1S/C16H17ClF3NO3/c1-8(2)7-21(3)12-6-13-9(5-11(12)17)4-10(15(22)23)14(24-13)16(18,19)20/h4-6,8,14H,7H2,1-3H3,(H,22,23)/t14-/m0/s1. The number of aliphatic carboxylic acids is 1. The Balaban J connectivity index is 2.49. The van der Waals surface area contributed by atoms with Gasteiger partial charge >= 0.3 is 12.1 Å². The molecule has 1 aliphatic heterocycles. The Labute approximate surface area is 142 Å². The summed E-state index contributed by atoms with van der Waals surface area (Å²) in [6.45, 7) is 4.65. The number of fused-ring (bicyclic) bond motifs is 1. The smallest absolute Gasteiger partial charge is 0.430 e. The van der Waals surface area contributed by atoms with Crippen molar-refractivity contribution in [1.29, 1.82) is 0 Å². The van der Waals surface area contributed by atoms with E-state index in [1.54, 1.807) is 7.05 Å². The number of benzene rings is 1. The summed E-state index contributed by atoms with van der Waals surface area (Å²) in [4.78, 5) is 12.9. The van der Waals surface area contributed by atoms with Crippen molar-refractivity contribution in [3.05, 3.63) is 28.3 Å². The van der Waals surface area contributed by atoms with E-state index in [0.717, 1.165) is 6.08 Å². The molecule has 132 valence electrons. The van der Waals surface area contributed by atoms with Crippen LogP contribution in [0.2, 0.25) is 5.02 Å². The number of alkyl halides is 3. The van der Waals surface area contributed by atoms with E-state index in [-0.39, 0.29) is 11.3 Å². The first-order valence-corrected chi connectivity index (χ1v) is 7.61. The second-order valence-electron chi connectivity index (χ2n) is 6.06. The Kier molecular flexibility index (Phi) is 5.03. The second kappa shape index (κ2) is 6.55. The van der Waals surface area contributed by atoms with Gasteiger partial charge in [-0.2, -0.15) is 13.2 Å². The maximum atomic E-state index is 13.1. The zero-order chi connectivity index (χ0) is 18.2. The number of nitrogens with zero attached hydrogens (tertiary/aromatic N) is 1. The van der Waals surface area contributed by atoms with Gasteiger partial charge in [0.25, 0.3) is 0 Å². The Morgan fingerprint density at radius 2 is 2.04 bits per heavy atom.